The molecule has 1 fully saturated rings. The molecular formula is C15H22FN3O2. The van der Waals surface area contributed by atoms with Crippen molar-refractivity contribution < 1.29 is 13.9 Å². The van der Waals surface area contributed by atoms with Gasteiger partial charge >= 0.3 is 5.97 Å². The predicted octanol–water partition coefficient (Wildman–Crippen LogP) is 2.09. The molecule has 1 unspecified atom stereocenters. The van der Waals surface area contributed by atoms with E-state index < -0.39 is 11.8 Å². The minimum absolute atomic E-state index is 0.0921. The van der Waals surface area contributed by atoms with Gasteiger partial charge in [0.1, 0.15) is 5.82 Å². The number of nitrogens with one attached hydrogen (secondary N) is 1. The Labute approximate surface area is 124 Å². The summed E-state index contributed by atoms with van der Waals surface area (Å²) in [7, 11) is 2.06. The number of likely N-dealkylation sites (tertiary alicyclic amines) is 1. The fourth-order valence-corrected chi connectivity index (χ4v) is 2.57. The molecule has 2 rings (SSSR count). The summed E-state index contributed by atoms with van der Waals surface area (Å²) in [5.41, 5.74) is 6.26. The lowest BCUT2D eigenvalue weighted by molar-refractivity contribution is 0.0527. The molecule has 0 aliphatic carbocycles. The van der Waals surface area contributed by atoms with Gasteiger partial charge in [0.2, 0.25) is 0 Å². The smallest absolute Gasteiger partial charge is 0.340 e. The van der Waals surface area contributed by atoms with Crippen LogP contribution in [0.1, 0.15) is 30.1 Å². The number of likely N-dealkylation sites (N-methyl/N-ethyl adjacent to an activating group) is 1. The van der Waals surface area contributed by atoms with E-state index in [0.717, 1.165) is 25.5 Å². The Hall–Kier alpha value is -1.82. The average Bonchev–Trinajstić information content (AvgIpc) is 2.83. The van der Waals surface area contributed by atoms with Gasteiger partial charge in [-0.1, -0.05) is 0 Å². The van der Waals surface area contributed by atoms with Crippen LogP contribution in [-0.4, -0.2) is 43.7 Å². The summed E-state index contributed by atoms with van der Waals surface area (Å²) >= 11 is 0. The summed E-state index contributed by atoms with van der Waals surface area (Å²) in [4.78, 5) is 14.0. The number of carbonyl (C=O) groups excluding carboxylic acids is 1. The monoisotopic (exact) mass is 295 g/mol. The second kappa shape index (κ2) is 6.76. The second-order valence-corrected chi connectivity index (χ2v) is 5.30. The molecule has 1 aliphatic rings. The van der Waals surface area contributed by atoms with Gasteiger partial charge in [-0.3, -0.25) is 0 Å². The number of nitrogen functional groups attached to an aromatic ring is 1. The lowest BCUT2D eigenvalue weighted by Gasteiger charge is -2.21. The van der Waals surface area contributed by atoms with Crippen molar-refractivity contribution >= 4 is 17.3 Å². The van der Waals surface area contributed by atoms with E-state index >= 15 is 0 Å². The first-order chi connectivity index (χ1) is 10.0. The zero-order chi connectivity index (χ0) is 15.4. The van der Waals surface area contributed by atoms with E-state index in [1.54, 1.807) is 6.92 Å². The minimum Gasteiger partial charge on any atom is -0.462 e. The average molecular weight is 295 g/mol. The summed E-state index contributed by atoms with van der Waals surface area (Å²) in [6.07, 6.45) is 2.24. The van der Waals surface area contributed by atoms with E-state index in [1.807, 2.05) is 0 Å². The Morgan fingerprint density at radius 2 is 2.33 bits per heavy atom. The SMILES string of the molecule is CCOC(=O)c1cc(NCC2CCCN2C)c(F)cc1N. The van der Waals surface area contributed by atoms with Gasteiger partial charge in [-0.2, -0.15) is 0 Å². The Kier molecular flexibility index (Phi) is 5.01. The van der Waals surface area contributed by atoms with Gasteiger partial charge in [0.15, 0.2) is 0 Å². The maximum Gasteiger partial charge on any atom is 0.340 e. The number of carbonyl (C=O) groups is 1. The van der Waals surface area contributed by atoms with Gasteiger partial charge < -0.3 is 20.7 Å². The van der Waals surface area contributed by atoms with E-state index in [4.69, 9.17) is 10.5 Å². The van der Waals surface area contributed by atoms with Crippen molar-refractivity contribution in [1.82, 2.24) is 4.90 Å². The minimum atomic E-state index is -0.531. The highest BCUT2D eigenvalue weighted by atomic mass is 19.1. The summed E-state index contributed by atoms with van der Waals surface area (Å²) in [6, 6.07) is 2.97. The standard InChI is InChI=1S/C15H22FN3O2/c1-3-21-15(20)11-7-14(12(16)8-13(11)17)18-9-10-5-4-6-19(10)2/h7-8,10,18H,3-6,9,17H2,1-2H3. The molecular weight excluding hydrogens is 273 g/mol. The number of anilines is 2. The molecule has 3 N–H and O–H groups in total. The van der Waals surface area contributed by atoms with Crippen molar-refractivity contribution in [2.75, 3.05) is 37.8 Å². The van der Waals surface area contributed by atoms with Crippen LogP contribution in [0, 0.1) is 5.82 Å². The molecule has 0 radical (unpaired) electrons. The van der Waals surface area contributed by atoms with E-state index in [2.05, 4.69) is 17.3 Å². The van der Waals surface area contributed by atoms with Crippen molar-refractivity contribution in [2.24, 2.45) is 0 Å². The molecule has 1 saturated heterocycles. The largest absolute Gasteiger partial charge is 0.462 e. The van der Waals surface area contributed by atoms with Gasteiger partial charge in [0.25, 0.3) is 0 Å². The fourth-order valence-electron chi connectivity index (χ4n) is 2.57. The zero-order valence-corrected chi connectivity index (χ0v) is 12.5. The van der Waals surface area contributed by atoms with Gasteiger partial charge in [0.05, 0.1) is 17.9 Å². The molecule has 0 spiro atoms. The maximum atomic E-state index is 13.9. The van der Waals surface area contributed by atoms with E-state index in [0.29, 0.717) is 12.6 Å². The van der Waals surface area contributed by atoms with E-state index in [1.165, 1.54) is 6.07 Å². The first-order valence-electron chi connectivity index (χ1n) is 7.23. The molecule has 1 aromatic carbocycles. The summed E-state index contributed by atoms with van der Waals surface area (Å²) < 4.78 is 18.9. The van der Waals surface area contributed by atoms with Gasteiger partial charge in [-0.05, 0) is 45.5 Å². The lowest BCUT2D eigenvalue weighted by atomic mass is 10.1. The molecule has 0 aromatic heterocycles. The molecule has 116 valence electrons. The first kappa shape index (κ1) is 15.6. The molecule has 6 heteroatoms. The highest BCUT2D eigenvalue weighted by molar-refractivity contribution is 5.96. The van der Waals surface area contributed by atoms with Crippen LogP contribution < -0.4 is 11.1 Å². The van der Waals surface area contributed by atoms with Crippen molar-refractivity contribution in [3.8, 4) is 0 Å². The van der Waals surface area contributed by atoms with Crippen LogP contribution in [0.15, 0.2) is 12.1 Å². The molecule has 1 aliphatic heterocycles. The molecule has 21 heavy (non-hydrogen) atoms. The number of benzene rings is 1. The molecule has 1 heterocycles. The van der Waals surface area contributed by atoms with Crippen LogP contribution in [0.2, 0.25) is 0 Å². The molecule has 1 aromatic rings. The summed E-state index contributed by atoms with van der Waals surface area (Å²) in [5.74, 6) is -0.989. The van der Waals surface area contributed by atoms with E-state index in [9.17, 15) is 9.18 Å². The molecule has 1 atom stereocenters. The highest BCUT2D eigenvalue weighted by Crippen LogP contribution is 2.24. The van der Waals surface area contributed by atoms with Crippen molar-refractivity contribution in [2.45, 2.75) is 25.8 Å². The van der Waals surface area contributed by atoms with Gasteiger partial charge in [-0.25, -0.2) is 9.18 Å². The van der Waals surface area contributed by atoms with Crippen LogP contribution in [0.25, 0.3) is 0 Å². The highest BCUT2D eigenvalue weighted by Gasteiger charge is 2.21. The summed E-state index contributed by atoms with van der Waals surface area (Å²) in [5, 5.41) is 3.07. The Morgan fingerprint density at radius 3 is 2.95 bits per heavy atom. The Morgan fingerprint density at radius 1 is 1.57 bits per heavy atom. The molecule has 0 bridgehead atoms. The number of nitrogens with two attached hydrogens (primary N) is 1. The normalized spacial score (nSPS) is 18.7. The van der Waals surface area contributed by atoms with Crippen LogP contribution in [0.4, 0.5) is 15.8 Å². The third-order valence-electron chi connectivity index (χ3n) is 3.83. The zero-order valence-electron chi connectivity index (χ0n) is 12.5. The Balaban J connectivity index is 2.11. The Bertz CT molecular complexity index is 522. The van der Waals surface area contributed by atoms with Gasteiger partial charge in [0, 0.05) is 18.3 Å². The van der Waals surface area contributed by atoms with Crippen molar-refractivity contribution in [3.05, 3.63) is 23.5 Å². The molecule has 5 nitrogen and oxygen atoms in total. The van der Waals surface area contributed by atoms with Crippen LogP contribution in [0.5, 0.6) is 0 Å². The van der Waals surface area contributed by atoms with Crippen LogP contribution in [0.3, 0.4) is 0 Å². The third-order valence-corrected chi connectivity index (χ3v) is 3.83. The number of nitrogens with zero attached hydrogens (tertiary/aromatic N) is 1. The number of halogens is 1. The van der Waals surface area contributed by atoms with Crippen molar-refractivity contribution in [3.63, 3.8) is 0 Å². The van der Waals surface area contributed by atoms with Crippen LogP contribution in [-0.2, 0) is 4.74 Å². The quantitative estimate of drug-likeness (QED) is 0.643. The lowest BCUT2D eigenvalue weighted by Crippen LogP contribution is -2.31. The number of esters is 1. The van der Waals surface area contributed by atoms with Gasteiger partial charge in [-0.15, -0.1) is 0 Å². The molecule has 0 amide bonds. The molecule has 0 saturated carbocycles. The fraction of sp³-hybridized carbons (Fsp3) is 0.533. The topological polar surface area (TPSA) is 67.6 Å². The van der Waals surface area contributed by atoms with E-state index in [-0.39, 0.29) is 23.5 Å². The second-order valence-electron chi connectivity index (χ2n) is 5.30. The predicted molar refractivity (Wildman–Crippen MR) is 80.9 cm³/mol. The number of rotatable bonds is 5. The number of hydrogen-bond acceptors (Lipinski definition) is 5. The van der Waals surface area contributed by atoms with Crippen molar-refractivity contribution in [1.29, 1.82) is 0 Å². The third kappa shape index (κ3) is 3.64. The summed E-state index contributed by atoms with van der Waals surface area (Å²) in [6.45, 7) is 3.67. The number of hydrogen-bond donors (Lipinski definition) is 2. The maximum absolute atomic E-state index is 13.9. The number of ether oxygens (including phenoxy) is 1. The first-order valence-corrected chi connectivity index (χ1v) is 7.23. The van der Waals surface area contributed by atoms with Crippen LogP contribution >= 0.6 is 0 Å².